The molecular formula is C9H13FN4O3. The van der Waals surface area contributed by atoms with Gasteiger partial charge in [-0.2, -0.15) is 4.98 Å². The van der Waals surface area contributed by atoms with Crippen LogP contribution in [0.5, 0.6) is 0 Å². The van der Waals surface area contributed by atoms with Crippen molar-refractivity contribution in [2.24, 2.45) is 0 Å². The van der Waals surface area contributed by atoms with E-state index >= 15 is 0 Å². The third kappa shape index (κ3) is 1.85. The molecule has 0 bridgehead atoms. The average Bonchev–Trinajstić information content (AvgIpc) is 2.51. The highest BCUT2D eigenvalue weighted by molar-refractivity contribution is 5.55. The third-order valence-electron chi connectivity index (χ3n) is 2.72. The highest BCUT2D eigenvalue weighted by atomic mass is 19.1. The van der Waals surface area contributed by atoms with Crippen molar-refractivity contribution in [3.8, 4) is 0 Å². The Balaban J connectivity index is 2.42. The van der Waals surface area contributed by atoms with Crippen LogP contribution in [-0.4, -0.2) is 33.0 Å². The summed E-state index contributed by atoms with van der Waals surface area (Å²) >= 11 is 0. The fourth-order valence-electron chi connectivity index (χ4n) is 1.70. The van der Waals surface area contributed by atoms with E-state index in [1.54, 1.807) is 0 Å². The summed E-state index contributed by atoms with van der Waals surface area (Å²) in [5, 5.41) is 9.42. The van der Waals surface area contributed by atoms with Crippen LogP contribution in [0.3, 0.4) is 0 Å². The summed E-state index contributed by atoms with van der Waals surface area (Å²) in [6.07, 6.45) is -3.78. The monoisotopic (exact) mass is 244 g/mol. The first-order valence-corrected chi connectivity index (χ1v) is 5.03. The van der Waals surface area contributed by atoms with Gasteiger partial charge in [-0.05, 0) is 6.92 Å². The van der Waals surface area contributed by atoms with Gasteiger partial charge in [0.05, 0.1) is 11.8 Å². The number of hydrogen-bond donors (Lipinski definition) is 3. The normalized spacial score (nSPS) is 32.9. The summed E-state index contributed by atoms with van der Waals surface area (Å²) in [5.41, 5.74) is 10.1. The lowest BCUT2D eigenvalue weighted by Crippen LogP contribution is -2.33. The Morgan fingerprint density at radius 3 is 2.76 bits per heavy atom. The maximum atomic E-state index is 13.7. The summed E-state index contributed by atoms with van der Waals surface area (Å²) < 4.78 is 19.7. The minimum atomic E-state index is -1.72. The molecule has 1 saturated heterocycles. The zero-order valence-electron chi connectivity index (χ0n) is 9.08. The minimum absolute atomic E-state index is 0.0504. The zero-order valence-corrected chi connectivity index (χ0v) is 9.08. The van der Waals surface area contributed by atoms with E-state index in [1.165, 1.54) is 6.92 Å². The number of nitrogen functional groups attached to an aromatic ring is 2. The topological polar surface area (TPSA) is 116 Å². The third-order valence-corrected chi connectivity index (χ3v) is 2.72. The van der Waals surface area contributed by atoms with E-state index in [9.17, 15) is 14.3 Å². The maximum Gasteiger partial charge on any atom is 0.351 e. The van der Waals surface area contributed by atoms with E-state index in [-0.39, 0.29) is 11.5 Å². The van der Waals surface area contributed by atoms with Crippen LogP contribution in [0.1, 0.15) is 13.2 Å². The summed E-state index contributed by atoms with van der Waals surface area (Å²) in [5.74, 6) is -0.117. The first-order valence-electron chi connectivity index (χ1n) is 5.03. The van der Waals surface area contributed by atoms with Gasteiger partial charge in [0.1, 0.15) is 6.10 Å². The molecule has 2 rings (SSSR count). The number of nitrogens with zero attached hydrogens (tertiary/aromatic N) is 2. The van der Waals surface area contributed by atoms with Gasteiger partial charge in [0.2, 0.25) is 0 Å². The molecule has 17 heavy (non-hydrogen) atoms. The molecule has 8 heteroatoms. The van der Waals surface area contributed by atoms with Gasteiger partial charge in [-0.15, -0.1) is 0 Å². The molecule has 1 aliphatic rings. The Hall–Kier alpha value is -1.67. The molecule has 0 amide bonds. The van der Waals surface area contributed by atoms with Gasteiger partial charge in [0.25, 0.3) is 0 Å². The second kappa shape index (κ2) is 3.97. The largest absolute Gasteiger partial charge is 0.395 e. The van der Waals surface area contributed by atoms with Gasteiger partial charge >= 0.3 is 5.69 Å². The lowest BCUT2D eigenvalue weighted by molar-refractivity contribution is -0.0182. The van der Waals surface area contributed by atoms with E-state index in [1.807, 2.05) is 0 Å². The number of anilines is 2. The van der Waals surface area contributed by atoms with Gasteiger partial charge in [0.15, 0.2) is 18.2 Å². The molecule has 2 unspecified atom stereocenters. The van der Waals surface area contributed by atoms with E-state index in [0.29, 0.717) is 0 Å². The van der Waals surface area contributed by atoms with Gasteiger partial charge in [-0.3, -0.25) is 4.57 Å². The van der Waals surface area contributed by atoms with Crippen LogP contribution in [-0.2, 0) is 4.74 Å². The number of alkyl halides is 1. The van der Waals surface area contributed by atoms with E-state index in [0.717, 1.165) is 10.8 Å². The number of halogens is 1. The molecule has 1 aromatic rings. The van der Waals surface area contributed by atoms with E-state index in [4.69, 9.17) is 16.2 Å². The maximum absolute atomic E-state index is 13.7. The van der Waals surface area contributed by atoms with Crippen LogP contribution in [0.4, 0.5) is 15.9 Å². The zero-order chi connectivity index (χ0) is 12.7. The first-order chi connectivity index (χ1) is 7.91. The Bertz CT molecular complexity index is 492. The fraction of sp³-hybridized carbons (Fsp3) is 0.556. The Morgan fingerprint density at radius 2 is 2.24 bits per heavy atom. The molecule has 0 aromatic carbocycles. The highest BCUT2D eigenvalue weighted by Gasteiger charge is 2.43. The second-order valence-electron chi connectivity index (χ2n) is 3.94. The van der Waals surface area contributed by atoms with Gasteiger partial charge in [-0.1, -0.05) is 0 Å². The molecule has 0 radical (unpaired) electrons. The number of aliphatic hydroxyl groups excluding tert-OH is 1. The predicted molar refractivity (Wildman–Crippen MR) is 57.8 cm³/mol. The number of aromatic nitrogens is 2. The molecule has 0 spiro atoms. The van der Waals surface area contributed by atoms with E-state index in [2.05, 4.69) is 4.98 Å². The van der Waals surface area contributed by atoms with Crippen molar-refractivity contribution >= 4 is 11.5 Å². The van der Waals surface area contributed by atoms with Gasteiger partial charge < -0.3 is 21.3 Å². The van der Waals surface area contributed by atoms with Crippen LogP contribution in [0.25, 0.3) is 0 Å². The number of hydrogen-bond acceptors (Lipinski definition) is 6. The van der Waals surface area contributed by atoms with Crippen molar-refractivity contribution in [1.82, 2.24) is 9.55 Å². The summed E-state index contributed by atoms with van der Waals surface area (Å²) in [4.78, 5) is 15.0. The fourth-order valence-corrected chi connectivity index (χ4v) is 1.70. The number of nitrogens with two attached hydrogens (primary N) is 2. The van der Waals surface area contributed by atoms with Crippen molar-refractivity contribution < 1.29 is 14.2 Å². The lowest BCUT2D eigenvalue weighted by Gasteiger charge is -2.16. The number of rotatable bonds is 1. The molecule has 7 nitrogen and oxygen atoms in total. The highest BCUT2D eigenvalue weighted by Crippen LogP contribution is 2.31. The van der Waals surface area contributed by atoms with Crippen molar-refractivity contribution in [1.29, 1.82) is 0 Å². The molecule has 1 aliphatic heterocycles. The minimum Gasteiger partial charge on any atom is -0.395 e. The quantitative estimate of drug-likeness (QED) is 0.585. The first kappa shape index (κ1) is 11.8. The molecule has 4 atom stereocenters. The summed E-state index contributed by atoms with van der Waals surface area (Å²) in [6.45, 7) is 1.51. The van der Waals surface area contributed by atoms with Crippen molar-refractivity contribution in [3.63, 3.8) is 0 Å². The van der Waals surface area contributed by atoms with Crippen LogP contribution < -0.4 is 17.2 Å². The lowest BCUT2D eigenvalue weighted by atomic mass is 10.2. The molecule has 0 saturated carbocycles. The van der Waals surface area contributed by atoms with Crippen molar-refractivity contribution in [2.45, 2.75) is 31.5 Å². The SMILES string of the molecule is C[C@H]1O[C@@H](n2cc(N)c(N)nc2=O)C(F)C1O. The van der Waals surface area contributed by atoms with Crippen LogP contribution in [0, 0.1) is 0 Å². The Kier molecular flexibility index (Phi) is 2.76. The molecule has 5 N–H and O–H groups in total. The van der Waals surface area contributed by atoms with Crippen LogP contribution >= 0.6 is 0 Å². The molecular weight excluding hydrogens is 231 g/mol. The molecule has 1 aromatic heterocycles. The molecule has 2 heterocycles. The molecule has 94 valence electrons. The van der Waals surface area contributed by atoms with Gasteiger partial charge in [-0.25, -0.2) is 9.18 Å². The number of ether oxygens (including phenoxy) is 1. The predicted octanol–water partition coefficient (Wildman–Crippen LogP) is -0.976. The molecule has 0 aliphatic carbocycles. The smallest absolute Gasteiger partial charge is 0.351 e. The summed E-state index contributed by atoms with van der Waals surface area (Å²) in [6, 6.07) is 0. The second-order valence-corrected chi connectivity index (χ2v) is 3.94. The average molecular weight is 244 g/mol. The van der Waals surface area contributed by atoms with Crippen LogP contribution in [0.15, 0.2) is 11.0 Å². The Morgan fingerprint density at radius 1 is 1.59 bits per heavy atom. The number of aliphatic hydroxyl groups is 1. The van der Waals surface area contributed by atoms with Crippen molar-refractivity contribution in [3.05, 3.63) is 16.7 Å². The molecule has 1 fully saturated rings. The van der Waals surface area contributed by atoms with Gasteiger partial charge in [0, 0.05) is 6.20 Å². The van der Waals surface area contributed by atoms with E-state index < -0.39 is 30.3 Å². The standard InChI is InChI=1S/C9H13FN4O3/c1-3-6(15)5(10)8(17-3)14-2-4(11)7(12)13-9(14)16/h2-3,5-6,8,15H,11H2,1H3,(H2,12,13,16)/t3-,5?,6?,8-/m1/s1. The van der Waals surface area contributed by atoms with Crippen LogP contribution in [0.2, 0.25) is 0 Å². The van der Waals surface area contributed by atoms with Crippen molar-refractivity contribution in [2.75, 3.05) is 11.5 Å². The summed E-state index contributed by atoms with van der Waals surface area (Å²) in [7, 11) is 0. The Labute approximate surface area is 95.8 Å².